The Bertz CT molecular complexity index is 3460. The van der Waals surface area contributed by atoms with Gasteiger partial charge in [-0.05, 0) is 16.7 Å². The van der Waals surface area contributed by atoms with Crippen LogP contribution in [0.4, 0.5) is 31.1 Å². The first-order chi connectivity index (χ1) is 55.4. The number of epoxide rings is 1. The number of nitriles is 4. The van der Waals surface area contributed by atoms with Crippen LogP contribution in [0.5, 0.6) is 0 Å². The van der Waals surface area contributed by atoms with Crippen molar-refractivity contribution in [3.05, 3.63) is 108 Å². The number of Topliss-reactive ketones (excluding diaryl/α,β-unsaturated/α-hetero) is 1. The molecule has 37 heteroatoms. The van der Waals surface area contributed by atoms with Gasteiger partial charge in [0.2, 0.25) is 0 Å². The molecule has 9 fully saturated rings. The van der Waals surface area contributed by atoms with Gasteiger partial charge in [-0.3, -0.25) is 35.1 Å². The zero-order chi connectivity index (χ0) is 85.5. The minimum atomic E-state index is -1.99. The van der Waals surface area contributed by atoms with E-state index in [2.05, 4.69) is 26.8 Å². The summed E-state index contributed by atoms with van der Waals surface area (Å²) in [5.41, 5.74) is -2.44. The van der Waals surface area contributed by atoms with E-state index >= 15 is 0 Å². The van der Waals surface area contributed by atoms with Gasteiger partial charge in [0.15, 0.2) is 23.9 Å². The molecule has 12 rings (SSSR count). The second-order valence-electron chi connectivity index (χ2n) is 28.1. The number of carbonyl (C=O) groups excluding carboxylic acids is 2. The van der Waals surface area contributed by atoms with Gasteiger partial charge < -0.3 is 84.0 Å². The number of carboxylic acids is 4. The van der Waals surface area contributed by atoms with E-state index in [4.69, 9.17) is 96.3 Å². The molecule has 0 bridgehead atoms. The first kappa shape index (κ1) is 100. The third-order valence-electron chi connectivity index (χ3n) is 20.2. The molecule has 644 valence electrons. The number of aliphatic hydroxyl groups is 1. The number of nitrogens with zero attached hydrogens (tertiary/aromatic N) is 4. The summed E-state index contributed by atoms with van der Waals surface area (Å²) in [4.78, 5) is 65.2. The largest absolute Gasteiger partial charge is 0.480 e. The fourth-order valence-electron chi connectivity index (χ4n) is 12.7. The summed E-state index contributed by atoms with van der Waals surface area (Å²) in [5, 5.41) is 88.8. The van der Waals surface area contributed by atoms with Crippen molar-refractivity contribution in [2.45, 2.75) is 204 Å². The molecule has 116 heavy (non-hydrogen) atoms. The second-order valence-corrected chi connectivity index (χ2v) is 28.4. The molecule has 7 unspecified atom stereocenters. The molecule has 3 aromatic carbocycles. The quantitative estimate of drug-likeness (QED) is 0.0222. The molecule has 0 aromatic heterocycles. The summed E-state index contributed by atoms with van der Waals surface area (Å²) in [6.45, 7) is 7.17. The van der Waals surface area contributed by atoms with Crippen molar-refractivity contribution >= 4 is 47.4 Å². The molecule has 30 nitrogen and oxygen atoms in total. The molecular weight excluding hydrogens is 1560 g/mol. The maximum Gasteiger partial charge on any atom is 0.407 e. The number of nitrogens with one attached hydrogen (secondary N) is 4. The van der Waals surface area contributed by atoms with Gasteiger partial charge in [-0.25, -0.2) is 35.9 Å². The number of aliphatic carboxylic acids is 4. The number of ketones is 1. The molecule has 9 aliphatic heterocycles. The summed E-state index contributed by atoms with van der Waals surface area (Å²) in [6.07, 6.45) is 1.70. The number of alkyl carbamates (subject to hydrolysis) is 1. The van der Waals surface area contributed by atoms with E-state index in [0.717, 1.165) is 49.9 Å². The van der Waals surface area contributed by atoms with Crippen LogP contribution in [0.3, 0.4) is 0 Å². The summed E-state index contributed by atoms with van der Waals surface area (Å²) >= 11 is 4.82. The number of rotatable bonds is 20. The lowest BCUT2D eigenvalue weighted by atomic mass is 9.88. The monoisotopic (exact) mass is 1670 g/mol. The standard InChI is InChI=1S/C14H17FN2O.2C14H18FNO3.C9H14FNO5.C7H12FNO3.C7H10FNO2.C7H9NO2.C5H8O2.C2H2ClN/c15-14(6-8-18-9-7-14)13(10-16)17-11-12-4-2-1-3-5-12;2*15-14(6-8-19-9-7-14)12(13(17)18)16-10-11-4-2-1-3-5-11;1-15-8(14)11-6(7(12)13)9(10)2-4-16-5-3-9;8-7(5(9)6(10)11)1-3-12-4-2-7;8-7(6(10)5-9)1-3-11-4-2-7;8-5-6-7(10-6)1-3-9-4-2-7;6-5-1-3-7-4-2-5;3-1-2-4/h1-5,13,17H,6-9,11H2;2*1-5,12,16H,6-10H2,(H,17,18);6H,2-5H2,1H3,(H,11,14)(H,12,13);5H,1-4,9H2,(H,10,11);6,10H,1-4H2;6H,1-4H2;1-4H2;1H2. The van der Waals surface area contributed by atoms with Crippen molar-refractivity contribution < 1.29 is 128 Å². The van der Waals surface area contributed by atoms with Crippen molar-refractivity contribution in [2.75, 3.05) is 119 Å². The lowest BCUT2D eigenvalue weighted by Crippen LogP contribution is -2.56. The van der Waals surface area contributed by atoms with E-state index in [9.17, 15) is 65.3 Å². The fourth-order valence-corrected chi connectivity index (χ4v) is 12.7. The van der Waals surface area contributed by atoms with Crippen molar-refractivity contribution in [1.82, 2.24) is 21.3 Å². The SMILES string of the molecule is COC(=O)NC(C(=O)O)C1(F)CCOCC1.N#CC(NCc1ccccc1)C1(F)CCOCC1.N#CC(O)C1(F)CCOCC1.N#CC1OC12CCOCC2.N#CCCl.NC(C(=O)O)C1(F)CCOCC1.O=C(O)C(NCc1ccccc1)C1(F)CCOCC1.O=C(O)C(NCc1ccccc1)C1(F)CCOCC1.O=C1CCOCC1. The second kappa shape index (κ2) is 52.5. The molecule has 9 heterocycles. The Hall–Kier alpha value is -8.25. The molecule has 0 saturated carbocycles. The van der Waals surface area contributed by atoms with Crippen LogP contribution < -0.4 is 27.0 Å². The predicted octanol–water partition coefficient (Wildman–Crippen LogP) is 7.88. The number of ether oxygens (including phenoxy) is 10. The topological polar surface area (TPSA) is 468 Å². The third-order valence-corrected chi connectivity index (χ3v) is 20.3. The zero-order valence-electron chi connectivity index (χ0n) is 64.9. The lowest BCUT2D eigenvalue weighted by molar-refractivity contribution is -0.148. The Morgan fingerprint density at radius 1 is 0.466 bits per heavy atom. The number of alkyl halides is 7. The number of benzene rings is 3. The average Bonchev–Trinajstić information content (AvgIpc) is 1.59. The van der Waals surface area contributed by atoms with Gasteiger partial charge in [0.1, 0.15) is 69.8 Å². The van der Waals surface area contributed by atoms with E-state index in [1.54, 1.807) is 6.07 Å². The van der Waals surface area contributed by atoms with Crippen LogP contribution in [0.1, 0.15) is 119 Å². The first-order valence-corrected chi connectivity index (χ1v) is 38.5. The number of halogens is 7. The van der Waals surface area contributed by atoms with Gasteiger partial charge in [0.05, 0.1) is 44.6 Å². The fraction of sp³-hybridized carbons (Fsp3) is 0.646. The molecular formula is C79H108ClF6N9O21. The van der Waals surface area contributed by atoms with Gasteiger partial charge in [-0.2, -0.15) is 21.0 Å². The molecule has 11 N–H and O–H groups in total. The first-order valence-electron chi connectivity index (χ1n) is 38.0. The van der Waals surface area contributed by atoms with E-state index < -0.39 is 100 Å². The zero-order valence-corrected chi connectivity index (χ0v) is 65.7. The van der Waals surface area contributed by atoms with Crippen LogP contribution in [-0.2, 0) is 91.0 Å². The molecule has 9 saturated heterocycles. The maximum absolute atomic E-state index is 14.7. The number of carboxylic acid groups (broad SMARTS) is 4. The summed E-state index contributed by atoms with van der Waals surface area (Å²) in [7, 11) is 1.09. The smallest absolute Gasteiger partial charge is 0.407 e. The van der Waals surface area contributed by atoms with Crippen molar-refractivity contribution in [3.63, 3.8) is 0 Å². The van der Waals surface area contributed by atoms with Crippen LogP contribution >= 0.6 is 11.6 Å². The molecule has 1 amide bonds. The van der Waals surface area contributed by atoms with Gasteiger partial charge >= 0.3 is 30.0 Å². The van der Waals surface area contributed by atoms with Crippen LogP contribution in [0.2, 0.25) is 0 Å². The van der Waals surface area contributed by atoms with Crippen molar-refractivity contribution in [2.24, 2.45) is 5.73 Å². The number of amides is 1. The van der Waals surface area contributed by atoms with E-state index in [-0.39, 0.29) is 161 Å². The highest BCUT2D eigenvalue weighted by atomic mass is 35.5. The van der Waals surface area contributed by atoms with Crippen LogP contribution in [0.15, 0.2) is 91.0 Å². The molecule has 1 spiro atoms. The Kier molecular flexibility index (Phi) is 45.3. The number of hydrogen-bond acceptors (Lipinski definition) is 25. The highest BCUT2D eigenvalue weighted by molar-refractivity contribution is 6.19. The normalized spacial score (nSPS) is 22.1. The predicted molar refractivity (Wildman–Crippen MR) is 404 cm³/mol. The maximum atomic E-state index is 14.7. The van der Waals surface area contributed by atoms with Crippen LogP contribution in [-0.4, -0.2) is 262 Å². The van der Waals surface area contributed by atoms with Crippen LogP contribution in [0.25, 0.3) is 0 Å². The average molecular weight is 1670 g/mol. The summed E-state index contributed by atoms with van der Waals surface area (Å²) in [6, 6.07) is 29.6. The molecule has 9 aliphatic rings. The minimum Gasteiger partial charge on any atom is -0.480 e. The van der Waals surface area contributed by atoms with Crippen molar-refractivity contribution in [1.29, 1.82) is 21.0 Å². The van der Waals surface area contributed by atoms with E-state index in [1.165, 1.54) is 6.07 Å². The Balaban J connectivity index is 0.000000281. The summed E-state index contributed by atoms with van der Waals surface area (Å²) in [5.74, 6) is -4.58. The Labute approximate surface area is 675 Å². The number of aliphatic hydroxyl groups excluding tert-OH is 1. The Morgan fingerprint density at radius 3 is 1.04 bits per heavy atom. The highest BCUT2D eigenvalue weighted by Gasteiger charge is 2.57. The van der Waals surface area contributed by atoms with Gasteiger partial charge in [0, 0.05) is 215 Å². The number of nitrogens with two attached hydrogens (primary N) is 1. The van der Waals surface area contributed by atoms with Gasteiger partial charge in [-0.1, -0.05) is 91.0 Å². The molecule has 3 aromatic rings. The van der Waals surface area contributed by atoms with Crippen molar-refractivity contribution in [3.8, 4) is 24.3 Å². The van der Waals surface area contributed by atoms with E-state index in [0.29, 0.717) is 64.7 Å². The molecule has 7 atom stereocenters. The molecule has 0 radical (unpaired) electrons. The third kappa shape index (κ3) is 34.7. The summed E-state index contributed by atoms with van der Waals surface area (Å²) < 4.78 is 135. The lowest BCUT2D eigenvalue weighted by Gasteiger charge is -2.34. The van der Waals surface area contributed by atoms with Gasteiger partial charge in [-0.15, -0.1) is 11.6 Å². The Morgan fingerprint density at radius 2 is 0.767 bits per heavy atom. The number of carbonyl (C=O) groups is 6. The number of methoxy groups -OCH3 is 1. The highest BCUT2D eigenvalue weighted by Crippen LogP contribution is 2.44. The number of hydrogen-bond donors (Lipinski definition) is 10. The van der Waals surface area contributed by atoms with Gasteiger partial charge in [0.25, 0.3) is 0 Å². The minimum absolute atomic E-state index is 0.0615. The van der Waals surface area contributed by atoms with E-state index in [1.807, 2.05) is 102 Å². The molecule has 0 aliphatic carbocycles. The van der Waals surface area contributed by atoms with Crippen LogP contribution in [0, 0.1) is 45.3 Å².